The van der Waals surface area contributed by atoms with Crippen LogP contribution in [0.3, 0.4) is 0 Å². The summed E-state index contributed by atoms with van der Waals surface area (Å²) in [5, 5.41) is 18.2. The van der Waals surface area contributed by atoms with E-state index in [1.165, 1.54) is 0 Å². The van der Waals surface area contributed by atoms with Crippen LogP contribution in [-0.2, 0) is 0 Å². The standard InChI is InChI=1S/C4H9O.C4H10O.Li/c1-4(2,3)5;1-2-3-4-5;/h1-3H3;5H,2-4H2,1H3;/q-1;;+1. The van der Waals surface area contributed by atoms with Crippen LogP contribution in [0.2, 0.25) is 0 Å². The number of hydrogen-bond acceptors (Lipinski definition) is 2. The van der Waals surface area contributed by atoms with Gasteiger partial charge in [0.25, 0.3) is 0 Å². The molecule has 0 unspecified atom stereocenters. The molecule has 0 spiro atoms. The van der Waals surface area contributed by atoms with Crippen LogP contribution in [0.25, 0.3) is 0 Å². The fourth-order valence-electron chi connectivity index (χ4n) is 0.158. The molecule has 3 heteroatoms. The van der Waals surface area contributed by atoms with Crippen LogP contribution in [-0.4, -0.2) is 17.3 Å². The monoisotopic (exact) mass is 154 g/mol. The van der Waals surface area contributed by atoms with E-state index in [1.54, 1.807) is 20.8 Å². The summed E-state index contributed by atoms with van der Waals surface area (Å²) in [5.74, 6) is 0. The van der Waals surface area contributed by atoms with Gasteiger partial charge < -0.3 is 10.2 Å². The number of hydrogen-bond donors (Lipinski definition) is 1. The topological polar surface area (TPSA) is 43.3 Å². The second-order valence-electron chi connectivity index (χ2n) is 3.19. The minimum atomic E-state index is -0.750. The second-order valence-corrected chi connectivity index (χ2v) is 3.19. The van der Waals surface area contributed by atoms with E-state index in [2.05, 4.69) is 6.92 Å². The predicted molar refractivity (Wildman–Crippen MR) is 41.7 cm³/mol. The van der Waals surface area contributed by atoms with Gasteiger partial charge in [-0.05, 0) is 6.42 Å². The fraction of sp³-hybridized carbons (Fsp3) is 1.00. The number of aliphatic hydroxyl groups is 1. The largest absolute Gasteiger partial charge is 1.00 e. The van der Waals surface area contributed by atoms with Crippen LogP contribution < -0.4 is 24.0 Å². The molecule has 0 aromatic rings. The molecule has 0 atom stereocenters. The average Bonchev–Trinajstić information content (AvgIpc) is 1.63. The van der Waals surface area contributed by atoms with Crippen LogP contribution in [0, 0.1) is 0 Å². The molecule has 0 amide bonds. The molecule has 0 aromatic heterocycles. The Morgan fingerprint density at radius 3 is 1.55 bits per heavy atom. The van der Waals surface area contributed by atoms with Crippen molar-refractivity contribution in [3.05, 3.63) is 0 Å². The number of aliphatic hydroxyl groups excluding tert-OH is 1. The van der Waals surface area contributed by atoms with Gasteiger partial charge in [-0.15, -0.1) is 5.60 Å². The number of rotatable bonds is 2. The molecular weight excluding hydrogens is 135 g/mol. The maximum atomic E-state index is 10.1. The summed E-state index contributed by atoms with van der Waals surface area (Å²) >= 11 is 0. The molecule has 0 aliphatic rings. The molecule has 1 N–H and O–H groups in total. The van der Waals surface area contributed by atoms with Crippen LogP contribution in [0.1, 0.15) is 40.5 Å². The molecule has 0 aliphatic carbocycles. The van der Waals surface area contributed by atoms with Crippen LogP contribution in [0.5, 0.6) is 0 Å². The van der Waals surface area contributed by atoms with E-state index in [1.807, 2.05) is 0 Å². The predicted octanol–water partition coefficient (Wildman–Crippen LogP) is -2.07. The Kier molecular flexibility index (Phi) is 16.8. The van der Waals surface area contributed by atoms with Gasteiger partial charge in [-0.25, -0.2) is 0 Å². The third-order valence-electron chi connectivity index (χ3n) is 0.512. The van der Waals surface area contributed by atoms with Gasteiger partial charge in [0.1, 0.15) is 0 Å². The molecule has 2 nitrogen and oxygen atoms in total. The van der Waals surface area contributed by atoms with Crippen molar-refractivity contribution in [1.29, 1.82) is 0 Å². The zero-order valence-corrected chi connectivity index (χ0v) is 8.48. The van der Waals surface area contributed by atoms with Gasteiger partial charge in [-0.3, -0.25) is 0 Å². The van der Waals surface area contributed by atoms with E-state index < -0.39 is 5.60 Å². The van der Waals surface area contributed by atoms with Gasteiger partial charge in [0.15, 0.2) is 0 Å². The molecule has 11 heavy (non-hydrogen) atoms. The van der Waals surface area contributed by atoms with E-state index in [4.69, 9.17) is 5.11 Å². The van der Waals surface area contributed by atoms with E-state index in [-0.39, 0.29) is 18.9 Å². The smallest absolute Gasteiger partial charge is 0.850 e. The Hall–Kier alpha value is 0.517. The first-order valence-electron chi connectivity index (χ1n) is 3.73. The van der Waals surface area contributed by atoms with Crippen molar-refractivity contribution in [3.8, 4) is 0 Å². The molecule has 0 radical (unpaired) electrons. The van der Waals surface area contributed by atoms with Crippen molar-refractivity contribution < 1.29 is 29.1 Å². The third kappa shape index (κ3) is 120. The summed E-state index contributed by atoms with van der Waals surface area (Å²) in [7, 11) is 0. The molecule has 64 valence electrons. The summed E-state index contributed by atoms with van der Waals surface area (Å²) in [5.41, 5.74) is -0.750. The summed E-state index contributed by atoms with van der Waals surface area (Å²) in [4.78, 5) is 0. The first-order valence-corrected chi connectivity index (χ1v) is 3.73. The maximum Gasteiger partial charge on any atom is 1.00 e. The molecule has 0 rings (SSSR count). The molecule has 0 aliphatic heterocycles. The van der Waals surface area contributed by atoms with Gasteiger partial charge in [0.2, 0.25) is 0 Å². The first-order chi connectivity index (χ1) is 4.41. The minimum absolute atomic E-state index is 0. The van der Waals surface area contributed by atoms with E-state index >= 15 is 0 Å². The van der Waals surface area contributed by atoms with Gasteiger partial charge in [0, 0.05) is 6.61 Å². The SMILES string of the molecule is CC(C)(C)[O-].CCCCO.[Li+]. The van der Waals surface area contributed by atoms with Gasteiger partial charge >= 0.3 is 18.9 Å². The molecular formula is C8H19LiO2. The van der Waals surface area contributed by atoms with Crippen molar-refractivity contribution in [1.82, 2.24) is 0 Å². The molecule has 0 saturated carbocycles. The van der Waals surface area contributed by atoms with Crippen molar-refractivity contribution in [2.24, 2.45) is 0 Å². The van der Waals surface area contributed by atoms with E-state index in [0.717, 1.165) is 12.8 Å². The van der Waals surface area contributed by atoms with E-state index in [9.17, 15) is 5.11 Å². The van der Waals surface area contributed by atoms with Crippen LogP contribution in [0.4, 0.5) is 0 Å². The maximum absolute atomic E-state index is 10.1. The summed E-state index contributed by atoms with van der Waals surface area (Å²) < 4.78 is 0. The van der Waals surface area contributed by atoms with Gasteiger partial charge in [0.05, 0.1) is 0 Å². The molecule has 0 fully saturated rings. The average molecular weight is 154 g/mol. The van der Waals surface area contributed by atoms with Crippen LogP contribution >= 0.6 is 0 Å². The van der Waals surface area contributed by atoms with E-state index in [0.29, 0.717) is 6.61 Å². The van der Waals surface area contributed by atoms with Crippen LogP contribution in [0.15, 0.2) is 0 Å². The Morgan fingerprint density at radius 2 is 1.55 bits per heavy atom. The van der Waals surface area contributed by atoms with Crippen molar-refractivity contribution >= 4 is 0 Å². The normalized spacial score (nSPS) is 9.27. The zero-order chi connectivity index (χ0) is 8.62. The van der Waals surface area contributed by atoms with Gasteiger partial charge in [-0.2, -0.15) is 0 Å². The fourth-order valence-corrected chi connectivity index (χ4v) is 0.158. The minimum Gasteiger partial charge on any atom is -0.850 e. The Bertz CT molecular complexity index is 51.6. The Morgan fingerprint density at radius 1 is 1.27 bits per heavy atom. The second kappa shape index (κ2) is 10.5. The number of unbranched alkanes of at least 4 members (excludes halogenated alkanes) is 1. The quantitative estimate of drug-likeness (QED) is 0.464. The molecule has 0 bridgehead atoms. The summed E-state index contributed by atoms with van der Waals surface area (Å²) in [6.07, 6.45) is 2.04. The Labute approximate surface area is 82.2 Å². The molecule has 0 heterocycles. The molecule has 0 aromatic carbocycles. The Balaban J connectivity index is -0.000000107. The summed E-state index contributed by atoms with van der Waals surface area (Å²) in [6.45, 7) is 7.29. The van der Waals surface area contributed by atoms with Crippen molar-refractivity contribution in [2.75, 3.05) is 6.61 Å². The van der Waals surface area contributed by atoms with Crippen molar-refractivity contribution in [3.63, 3.8) is 0 Å². The third-order valence-corrected chi connectivity index (χ3v) is 0.512. The van der Waals surface area contributed by atoms with Crippen molar-refractivity contribution in [2.45, 2.75) is 46.1 Å². The zero-order valence-electron chi connectivity index (χ0n) is 8.48. The van der Waals surface area contributed by atoms with Gasteiger partial charge in [-0.1, -0.05) is 34.1 Å². The molecule has 0 saturated heterocycles. The summed E-state index contributed by atoms with van der Waals surface area (Å²) in [6, 6.07) is 0. The first kappa shape index (κ1) is 17.6.